The van der Waals surface area contributed by atoms with Gasteiger partial charge in [-0.25, -0.2) is 4.79 Å². The van der Waals surface area contributed by atoms with Crippen molar-refractivity contribution in [1.82, 2.24) is 0 Å². The molecule has 3 rings (SSSR count). The molecule has 0 aliphatic carbocycles. The number of thioether (sulfide) groups is 1. The summed E-state index contributed by atoms with van der Waals surface area (Å²) in [7, 11) is 0. The van der Waals surface area contributed by atoms with Crippen molar-refractivity contribution < 1.29 is 13.9 Å². The van der Waals surface area contributed by atoms with Crippen LogP contribution in [-0.2, 0) is 4.79 Å². The first-order chi connectivity index (χ1) is 12.1. The lowest BCUT2D eigenvalue weighted by Gasteiger charge is -2.16. The quantitative estimate of drug-likeness (QED) is 0.555. The van der Waals surface area contributed by atoms with Crippen LogP contribution in [-0.4, -0.2) is 18.3 Å². The van der Waals surface area contributed by atoms with E-state index in [1.54, 1.807) is 43.0 Å². The topological polar surface area (TPSA) is 68.5 Å². The summed E-state index contributed by atoms with van der Waals surface area (Å²) in [6.07, 6.45) is 1.25. The summed E-state index contributed by atoms with van der Waals surface area (Å²) < 4.78 is 10.8. The average molecular weight is 355 g/mol. The second-order valence-corrected chi connectivity index (χ2v) is 6.25. The molecule has 1 N–H and O–H groups in total. The summed E-state index contributed by atoms with van der Waals surface area (Å²) in [5, 5.41) is 3.66. The van der Waals surface area contributed by atoms with E-state index in [2.05, 4.69) is 5.32 Å². The molecule has 1 aromatic heterocycles. The maximum Gasteiger partial charge on any atom is 0.336 e. The van der Waals surface area contributed by atoms with Gasteiger partial charge in [-0.3, -0.25) is 4.79 Å². The third kappa shape index (κ3) is 4.03. The molecular weight excluding hydrogens is 338 g/mol. The van der Waals surface area contributed by atoms with Gasteiger partial charge >= 0.3 is 5.63 Å². The maximum absolute atomic E-state index is 12.4. The normalized spacial score (nSPS) is 11.9. The van der Waals surface area contributed by atoms with E-state index in [4.69, 9.17) is 9.15 Å². The lowest BCUT2D eigenvalue weighted by molar-refractivity contribution is -0.122. The van der Waals surface area contributed by atoms with Crippen LogP contribution >= 0.6 is 11.8 Å². The summed E-state index contributed by atoms with van der Waals surface area (Å²) in [4.78, 5) is 24.7. The van der Waals surface area contributed by atoms with E-state index in [0.29, 0.717) is 11.3 Å². The number of para-hydroxylation sites is 1. The van der Waals surface area contributed by atoms with Crippen LogP contribution in [0.1, 0.15) is 6.92 Å². The Kier molecular flexibility index (Phi) is 5.09. The number of carbonyl (C=O) groups excluding carboxylic acids is 1. The molecule has 1 heterocycles. The van der Waals surface area contributed by atoms with Gasteiger partial charge in [0.1, 0.15) is 11.3 Å². The standard InChI is InChI=1S/C19H17NO4S/c1-12(19(22)20-15-5-3-4-6-17(15)25-2)23-14-9-7-13-8-10-18(21)24-16(13)11-14/h3-12H,1-2H3,(H,20,22)/t12-/m0/s1. The predicted octanol–water partition coefficient (Wildman–Crippen LogP) is 3.92. The van der Waals surface area contributed by atoms with Gasteiger partial charge in [-0.05, 0) is 43.5 Å². The molecule has 2 aromatic carbocycles. The smallest absolute Gasteiger partial charge is 0.336 e. The summed E-state index contributed by atoms with van der Waals surface area (Å²) >= 11 is 1.56. The number of nitrogens with one attached hydrogen (secondary N) is 1. The van der Waals surface area contributed by atoms with Crippen molar-refractivity contribution >= 4 is 34.3 Å². The first kappa shape index (κ1) is 17.1. The molecule has 0 radical (unpaired) electrons. The molecule has 5 nitrogen and oxygen atoms in total. The SMILES string of the molecule is CSc1ccccc1NC(=O)[C@H](C)Oc1ccc2ccc(=O)oc2c1. The highest BCUT2D eigenvalue weighted by molar-refractivity contribution is 7.98. The number of hydrogen-bond donors (Lipinski definition) is 1. The molecule has 1 atom stereocenters. The molecule has 0 aliphatic heterocycles. The monoisotopic (exact) mass is 355 g/mol. The zero-order valence-electron chi connectivity index (χ0n) is 13.8. The van der Waals surface area contributed by atoms with E-state index in [1.165, 1.54) is 6.07 Å². The zero-order valence-corrected chi connectivity index (χ0v) is 14.6. The number of carbonyl (C=O) groups is 1. The predicted molar refractivity (Wildman–Crippen MR) is 99.4 cm³/mol. The van der Waals surface area contributed by atoms with Crippen molar-refractivity contribution in [3.8, 4) is 5.75 Å². The van der Waals surface area contributed by atoms with Gasteiger partial charge in [0.25, 0.3) is 5.91 Å². The molecule has 0 unspecified atom stereocenters. The van der Waals surface area contributed by atoms with E-state index in [-0.39, 0.29) is 5.91 Å². The summed E-state index contributed by atoms with van der Waals surface area (Å²) in [6, 6.07) is 15.7. The van der Waals surface area contributed by atoms with Crippen molar-refractivity contribution in [2.45, 2.75) is 17.9 Å². The molecule has 0 bridgehead atoms. The summed E-state index contributed by atoms with van der Waals surface area (Å²) in [5.74, 6) is 0.207. The van der Waals surface area contributed by atoms with E-state index < -0.39 is 11.7 Å². The number of fused-ring (bicyclic) bond motifs is 1. The fourth-order valence-corrected chi connectivity index (χ4v) is 2.91. The average Bonchev–Trinajstić information content (AvgIpc) is 2.61. The molecule has 0 spiro atoms. The Bertz CT molecular complexity index is 967. The Balaban J connectivity index is 1.74. The molecule has 128 valence electrons. The van der Waals surface area contributed by atoms with E-state index in [9.17, 15) is 9.59 Å². The number of hydrogen-bond acceptors (Lipinski definition) is 5. The van der Waals surface area contributed by atoms with Crippen LogP contribution in [0, 0.1) is 0 Å². The number of anilines is 1. The molecular formula is C19H17NO4S. The molecule has 0 aliphatic rings. The number of benzene rings is 2. The summed E-state index contributed by atoms with van der Waals surface area (Å²) in [5.41, 5.74) is 0.745. The largest absolute Gasteiger partial charge is 0.481 e. The van der Waals surface area contributed by atoms with Gasteiger partial charge in [0.05, 0.1) is 5.69 Å². The van der Waals surface area contributed by atoms with Gasteiger partial charge in [0, 0.05) is 22.4 Å². The third-order valence-corrected chi connectivity index (χ3v) is 4.44. The molecule has 25 heavy (non-hydrogen) atoms. The minimum absolute atomic E-state index is 0.254. The van der Waals surface area contributed by atoms with Crippen molar-refractivity contribution in [1.29, 1.82) is 0 Å². The van der Waals surface area contributed by atoms with Crippen LogP contribution in [0.25, 0.3) is 11.0 Å². The Morgan fingerprint density at radius 3 is 2.72 bits per heavy atom. The molecule has 3 aromatic rings. The van der Waals surface area contributed by atoms with E-state index in [0.717, 1.165) is 16.0 Å². The molecule has 0 saturated heterocycles. The van der Waals surface area contributed by atoms with Gasteiger partial charge < -0.3 is 14.5 Å². The third-order valence-electron chi connectivity index (χ3n) is 3.64. The van der Waals surface area contributed by atoms with Gasteiger partial charge in [-0.15, -0.1) is 11.8 Å². The first-order valence-electron chi connectivity index (χ1n) is 7.71. The van der Waals surface area contributed by atoms with Crippen LogP contribution in [0.5, 0.6) is 5.75 Å². The molecule has 0 saturated carbocycles. The Hall–Kier alpha value is -2.73. The van der Waals surface area contributed by atoms with Gasteiger partial charge in [0.15, 0.2) is 6.10 Å². The number of amides is 1. The second kappa shape index (κ2) is 7.44. The van der Waals surface area contributed by atoms with Crippen molar-refractivity contribution in [2.24, 2.45) is 0 Å². The number of ether oxygens (including phenoxy) is 1. The Morgan fingerprint density at radius 2 is 1.92 bits per heavy atom. The highest BCUT2D eigenvalue weighted by Gasteiger charge is 2.16. The first-order valence-corrected chi connectivity index (χ1v) is 8.94. The van der Waals surface area contributed by atoms with Crippen LogP contribution in [0.4, 0.5) is 5.69 Å². The fraction of sp³-hybridized carbons (Fsp3) is 0.158. The number of rotatable bonds is 5. The molecule has 0 fully saturated rings. The lowest BCUT2D eigenvalue weighted by Crippen LogP contribution is -2.30. The molecule has 6 heteroatoms. The van der Waals surface area contributed by atoms with Gasteiger partial charge in [-0.1, -0.05) is 12.1 Å². The van der Waals surface area contributed by atoms with Crippen LogP contribution < -0.4 is 15.7 Å². The lowest BCUT2D eigenvalue weighted by atomic mass is 10.2. The van der Waals surface area contributed by atoms with E-state index >= 15 is 0 Å². The van der Waals surface area contributed by atoms with E-state index in [1.807, 2.05) is 30.5 Å². The van der Waals surface area contributed by atoms with Crippen molar-refractivity contribution in [3.63, 3.8) is 0 Å². The van der Waals surface area contributed by atoms with Crippen molar-refractivity contribution in [3.05, 3.63) is 65.0 Å². The highest BCUT2D eigenvalue weighted by atomic mass is 32.2. The Morgan fingerprint density at radius 1 is 1.16 bits per heavy atom. The minimum Gasteiger partial charge on any atom is -0.481 e. The minimum atomic E-state index is -0.706. The second-order valence-electron chi connectivity index (χ2n) is 5.40. The zero-order chi connectivity index (χ0) is 17.8. The highest BCUT2D eigenvalue weighted by Crippen LogP contribution is 2.25. The van der Waals surface area contributed by atoms with Crippen LogP contribution in [0.15, 0.2) is 68.7 Å². The van der Waals surface area contributed by atoms with Crippen LogP contribution in [0.2, 0.25) is 0 Å². The fourth-order valence-electron chi connectivity index (χ4n) is 2.35. The maximum atomic E-state index is 12.4. The Labute approximate surface area is 149 Å². The van der Waals surface area contributed by atoms with Gasteiger partial charge in [-0.2, -0.15) is 0 Å². The van der Waals surface area contributed by atoms with Crippen LogP contribution in [0.3, 0.4) is 0 Å². The molecule has 1 amide bonds. The summed E-state index contributed by atoms with van der Waals surface area (Å²) in [6.45, 7) is 1.67. The van der Waals surface area contributed by atoms with Crippen molar-refractivity contribution in [2.75, 3.05) is 11.6 Å². The van der Waals surface area contributed by atoms with Gasteiger partial charge in [0.2, 0.25) is 0 Å².